The van der Waals surface area contributed by atoms with Gasteiger partial charge in [0.15, 0.2) is 0 Å². The summed E-state index contributed by atoms with van der Waals surface area (Å²) in [5, 5.41) is 0. The molecule has 1 aromatic rings. The second-order valence-corrected chi connectivity index (χ2v) is 6.04. The molecule has 1 unspecified atom stereocenters. The fourth-order valence-electron chi connectivity index (χ4n) is 3.06. The van der Waals surface area contributed by atoms with Crippen molar-refractivity contribution >= 4 is 0 Å². The summed E-state index contributed by atoms with van der Waals surface area (Å²) in [6.45, 7) is 7.45. The molecule has 0 spiro atoms. The number of hydrogen-bond acceptors (Lipinski definition) is 3. The van der Waals surface area contributed by atoms with Gasteiger partial charge in [-0.25, -0.2) is 8.78 Å². The summed E-state index contributed by atoms with van der Waals surface area (Å²) in [6.07, 6.45) is 2.22. The number of nitrogens with two attached hydrogens (primary N) is 1. The number of aryl methyl sites for hydroxylation is 1. The van der Waals surface area contributed by atoms with E-state index in [2.05, 4.69) is 10.3 Å². The Morgan fingerprint density at radius 3 is 2.40 bits per heavy atom. The zero-order chi connectivity index (χ0) is 14.9. The van der Waals surface area contributed by atoms with E-state index in [1.165, 1.54) is 12.1 Å². The highest BCUT2D eigenvalue weighted by Crippen LogP contribution is 2.36. The summed E-state index contributed by atoms with van der Waals surface area (Å²) in [4.78, 5) is 2.23. The van der Waals surface area contributed by atoms with Crippen LogP contribution in [0.1, 0.15) is 43.9 Å². The van der Waals surface area contributed by atoms with E-state index in [1.807, 2.05) is 13.8 Å². The van der Waals surface area contributed by atoms with E-state index in [0.717, 1.165) is 25.9 Å². The van der Waals surface area contributed by atoms with Crippen molar-refractivity contribution in [1.29, 1.82) is 0 Å². The van der Waals surface area contributed by atoms with Crippen LogP contribution in [0.5, 0.6) is 0 Å². The molecule has 1 saturated heterocycles. The van der Waals surface area contributed by atoms with Crippen molar-refractivity contribution in [3.05, 3.63) is 34.9 Å². The van der Waals surface area contributed by atoms with Crippen molar-refractivity contribution < 1.29 is 8.78 Å². The summed E-state index contributed by atoms with van der Waals surface area (Å²) in [5.74, 6) is 4.57. The van der Waals surface area contributed by atoms with E-state index in [1.54, 1.807) is 6.92 Å². The molecule has 1 atom stereocenters. The van der Waals surface area contributed by atoms with E-state index >= 15 is 0 Å². The van der Waals surface area contributed by atoms with Gasteiger partial charge >= 0.3 is 0 Å². The molecule has 0 bridgehead atoms. The average molecular weight is 283 g/mol. The topological polar surface area (TPSA) is 41.3 Å². The van der Waals surface area contributed by atoms with Gasteiger partial charge in [0, 0.05) is 11.1 Å². The predicted octanol–water partition coefficient (Wildman–Crippen LogP) is 2.65. The molecule has 0 saturated carbocycles. The Bertz CT molecular complexity index is 482. The van der Waals surface area contributed by atoms with Gasteiger partial charge in [0.2, 0.25) is 0 Å². The number of hydrogen-bond donors (Lipinski definition) is 2. The molecule has 1 fully saturated rings. The lowest BCUT2D eigenvalue weighted by molar-refractivity contribution is 0.103. The van der Waals surface area contributed by atoms with Gasteiger partial charge in [-0.1, -0.05) is 6.07 Å². The zero-order valence-corrected chi connectivity index (χ0v) is 12.3. The van der Waals surface area contributed by atoms with Crippen molar-refractivity contribution in [2.45, 2.75) is 45.2 Å². The molecule has 1 aliphatic heterocycles. The molecule has 1 aromatic carbocycles. The number of nitrogens with zero attached hydrogens (tertiary/aromatic N) is 1. The molecule has 1 heterocycles. The summed E-state index contributed by atoms with van der Waals surface area (Å²) >= 11 is 0. The molecule has 0 radical (unpaired) electrons. The molecular weight excluding hydrogens is 260 g/mol. The van der Waals surface area contributed by atoms with Crippen LogP contribution in [0, 0.1) is 18.6 Å². The third kappa shape index (κ3) is 2.57. The Morgan fingerprint density at radius 1 is 1.25 bits per heavy atom. The summed E-state index contributed by atoms with van der Waals surface area (Å²) in [6, 6.07) is 2.16. The molecule has 5 heteroatoms. The maximum Gasteiger partial charge on any atom is 0.133 e. The fraction of sp³-hybridized carbons (Fsp3) is 0.600. The van der Waals surface area contributed by atoms with E-state index in [-0.39, 0.29) is 5.56 Å². The van der Waals surface area contributed by atoms with Crippen LogP contribution in [0.25, 0.3) is 0 Å². The zero-order valence-electron chi connectivity index (χ0n) is 12.3. The second-order valence-electron chi connectivity index (χ2n) is 6.04. The van der Waals surface area contributed by atoms with Gasteiger partial charge < -0.3 is 0 Å². The van der Waals surface area contributed by atoms with Crippen LogP contribution < -0.4 is 11.3 Å². The largest absolute Gasteiger partial charge is 0.296 e. The van der Waals surface area contributed by atoms with Gasteiger partial charge in [-0.2, -0.15) is 0 Å². The van der Waals surface area contributed by atoms with E-state index in [4.69, 9.17) is 5.84 Å². The number of likely N-dealkylation sites (tertiary alicyclic amines) is 1. The van der Waals surface area contributed by atoms with Gasteiger partial charge in [0.1, 0.15) is 11.6 Å². The van der Waals surface area contributed by atoms with Gasteiger partial charge in [-0.05, 0) is 58.3 Å². The van der Waals surface area contributed by atoms with Gasteiger partial charge in [-0.3, -0.25) is 16.2 Å². The van der Waals surface area contributed by atoms with Crippen LogP contribution in [0.4, 0.5) is 8.78 Å². The lowest BCUT2D eigenvalue weighted by atomic mass is 9.86. The first kappa shape index (κ1) is 15.4. The van der Waals surface area contributed by atoms with Crippen LogP contribution in [0.15, 0.2) is 12.1 Å². The minimum absolute atomic E-state index is 0.0319. The molecular formula is C15H23F2N3. The van der Waals surface area contributed by atoms with Gasteiger partial charge in [-0.15, -0.1) is 0 Å². The first-order valence-electron chi connectivity index (χ1n) is 7.05. The summed E-state index contributed by atoms with van der Waals surface area (Å²) in [5.41, 5.74) is 2.63. The molecule has 3 nitrogen and oxygen atoms in total. The first-order chi connectivity index (χ1) is 9.39. The maximum absolute atomic E-state index is 14.4. The monoisotopic (exact) mass is 283 g/mol. The highest BCUT2D eigenvalue weighted by atomic mass is 19.1. The Balaban J connectivity index is 2.44. The summed E-state index contributed by atoms with van der Waals surface area (Å²) < 4.78 is 28.5. The highest BCUT2D eigenvalue weighted by Gasteiger charge is 2.39. The molecule has 112 valence electrons. The molecule has 3 N–H and O–H groups in total. The lowest BCUT2D eigenvalue weighted by Gasteiger charge is -2.42. The quantitative estimate of drug-likeness (QED) is 0.659. The van der Waals surface area contributed by atoms with Crippen molar-refractivity contribution in [2.75, 3.05) is 13.1 Å². The number of benzene rings is 1. The third-order valence-electron chi connectivity index (χ3n) is 4.40. The van der Waals surface area contributed by atoms with Crippen LogP contribution in [0.3, 0.4) is 0 Å². The maximum atomic E-state index is 14.4. The van der Waals surface area contributed by atoms with E-state index in [9.17, 15) is 8.78 Å². The number of rotatable bonds is 4. The lowest BCUT2D eigenvalue weighted by Crippen LogP contribution is -2.53. The minimum Gasteiger partial charge on any atom is -0.296 e. The Morgan fingerprint density at radius 2 is 1.85 bits per heavy atom. The van der Waals surface area contributed by atoms with E-state index in [0.29, 0.717) is 5.56 Å². The second kappa shape index (κ2) is 5.76. The van der Waals surface area contributed by atoms with Crippen LogP contribution in [-0.2, 0) is 0 Å². The number of halogens is 2. The molecule has 2 rings (SSSR count). The van der Waals surface area contributed by atoms with Gasteiger partial charge in [0.05, 0.1) is 6.04 Å². The van der Waals surface area contributed by atoms with Crippen molar-refractivity contribution in [2.24, 2.45) is 5.84 Å². The molecule has 1 aliphatic rings. The fourth-order valence-corrected chi connectivity index (χ4v) is 3.06. The molecule has 20 heavy (non-hydrogen) atoms. The van der Waals surface area contributed by atoms with Crippen LogP contribution in [0.2, 0.25) is 0 Å². The minimum atomic E-state index is -0.597. The summed E-state index contributed by atoms with van der Waals surface area (Å²) in [7, 11) is 0. The number of nitrogens with one attached hydrogen (secondary N) is 1. The van der Waals surface area contributed by atoms with Crippen LogP contribution >= 0.6 is 0 Å². The standard InChI is InChI=1S/C15H23F2N3/c1-10-6-7-11(16)12(13(10)17)14(19-18)15(2,3)20-8-4-5-9-20/h6-7,14,19H,4-5,8-9,18H2,1-3H3. The SMILES string of the molecule is Cc1ccc(F)c(C(NN)C(C)(C)N2CCCC2)c1F. The smallest absolute Gasteiger partial charge is 0.133 e. The molecule has 0 aliphatic carbocycles. The van der Waals surface area contributed by atoms with Crippen LogP contribution in [-0.4, -0.2) is 23.5 Å². The van der Waals surface area contributed by atoms with Crippen molar-refractivity contribution in [3.63, 3.8) is 0 Å². The van der Waals surface area contributed by atoms with Gasteiger partial charge in [0.25, 0.3) is 0 Å². The first-order valence-corrected chi connectivity index (χ1v) is 7.05. The molecule has 0 aromatic heterocycles. The van der Waals surface area contributed by atoms with Crippen molar-refractivity contribution in [1.82, 2.24) is 10.3 Å². The Hall–Kier alpha value is -1.04. The van der Waals surface area contributed by atoms with Crippen molar-refractivity contribution in [3.8, 4) is 0 Å². The predicted molar refractivity (Wildman–Crippen MR) is 76.0 cm³/mol. The molecule has 0 amide bonds. The normalized spacial score (nSPS) is 18.5. The third-order valence-corrected chi connectivity index (χ3v) is 4.40. The average Bonchev–Trinajstić information content (AvgIpc) is 2.93. The van der Waals surface area contributed by atoms with E-state index < -0.39 is 23.2 Å². The Kier molecular flexibility index (Phi) is 4.42. The Labute approximate surface area is 119 Å². The highest BCUT2D eigenvalue weighted by molar-refractivity contribution is 5.31. The number of hydrazine groups is 1.